The lowest BCUT2D eigenvalue weighted by atomic mass is 9.83. The molecule has 2 aromatic rings. The molecule has 9 nitrogen and oxygen atoms in total. The zero-order valence-corrected chi connectivity index (χ0v) is 25.2. The van der Waals surface area contributed by atoms with E-state index in [1.165, 1.54) is 30.4 Å². The Hall–Kier alpha value is -3.04. The molecule has 1 aromatic carbocycles. The number of nitrogens with one attached hydrogen (secondary N) is 3. The van der Waals surface area contributed by atoms with Gasteiger partial charge in [0, 0.05) is 50.2 Å². The Bertz CT molecular complexity index is 1220. The predicted molar refractivity (Wildman–Crippen MR) is 164 cm³/mol. The quantitative estimate of drug-likeness (QED) is 0.423. The fraction of sp³-hybridized carbons (Fsp3) is 0.636. The first-order valence-electron chi connectivity index (χ1n) is 16.2. The lowest BCUT2D eigenvalue weighted by molar-refractivity contribution is -0.127. The third kappa shape index (κ3) is 6.04. The number of likely N-dealkylation sites (N-methyl/N-ethyl adjacent to an activating group) is 1. The monoisotopic (exact) mass is 573 g/mol. The third-order valence-corrected chi connectivity index (χ3v) is 10.4. The van der Waals surface area contributed by atoms with E-state index in [0.717, 1.165) is 51.6 Å². The summed E-state index contributed by atoms with van der Waals surface area (Å²) >= 11 is 0. The molecule has 3 N–H and O–H groups in total. The molecule has 2 aliphatic heterocycles. The first-order valence-corrected chi connectivity index (χ1v) is 16.2. The molecule has 3 heterocycles. The van der Waals surface area contributed by atoms with Gasteiger partial charge in [0.25, 0.3) is 0 Å². The van der Waals surface area contributed by atoms with Crippen LogP contribution in [0.4, 0.5) is 5.95 Å². The van der Waals surface area contributed by atoms with Gasteiger partial charge in [-0.15, -0.1) is 0 Å². The van der Waals surface area contributed by atoms with Gasteiger partial charge in [0.2, 0.25) is 17.8 Å². The molecule has 2 aliphatic carbocycles. The molecule has 4 aliphatic rings. The molecule has 0 radical (unpaired) electrons. The maximum atomic E-state index is 14.2. The molecule has 1 saturated carbocycles. The van der Waals surface area contributed by atoms with Crippen molar-refractivity contribution in [1.29, 1.82) is 0 Å². The molecule has 6 atom stereocenters. The Kier molecular flexibility index (Phi) is 9.05. The highest BCUT2D eigenvalue weighted by molar-refractivity contribution is 5.82. The Morgan fingerprint density at radius 2 is 1.79 bits per heavy atom. The highest BCUT2D eigenvalue weighted by atomic mass is 16.2. The van der Waals surface area contributed by atoms with Gasteiger partial charge in [0.05, 0.1) is 18.0 Å². The van der Waals surface area contributed by atoms with Gasteiger partial charge in [-0.25, -0.2) is 9.97 Å². The van der Waals surface area contributed by atoms with Crippen LogP contribution >= 0.6 is 0 Å². The fourth-order valence-corrected chi connectivity index (χ4v) is 8.02. The number of hydrogen-bond donors (Lipinski definition) is 3. The largest absolute Gasteiger partial charge is 0.350 e. The number of benzene rings is 1. The van der Waals surface area contributed by atoms with E-state index < -0.39 is 0 Å². The average Bonchev–Trinajstić information content (AvgIpc) is 3.62. The van der Waals surface area contributed by atoms with Gasteiger partial charge < -0.3 is 20.9 Å². The Morgan fingerprint density at radius 3 is 2.57 bits per heavy atom. The fourth-order valence-electron chi connectivity index (χ4n) is 8.02. The number of carbonyl (C=O) groups excluding carboxylic acids is 2. The molecule has 42 heavy (non-hydrogen) atoms. The van der Waals surface area contributed by atoms with Crippen LogP contribution < -0.4 is 20.9 Å². The molecule has 0 spiro atoms. The first kappa shape index (κ1) is 29.1. The number of rotatable bonds is 9. The van der Waals surface area contributed by atoms with Crippen LogP contribution in [0.2, 0.25) is 0 Å². The van der Waals surface area contributed by atoms with Crippen molar-refractivity contribution in [3.8, 4) is 0 Å². The minimum atomic E-state index is -0.239. The molecule has 1 aromatic heterocycles. The molecule has 2 saturated heterocycles. The van der Waals surface area contributed by atoms with Crippen molar-refractivity contribution < 1.29 is 9.59 Å². The van der Waals surface area contributed by atoms with Crippen LogP contribution in [0.5, 0.6) is 0 Å². The van der Waals surface area contributed by atoms with E-state index in [0.29, 0.717) is 18.4 Å². The first-order chi connectivity index (χ1) is 20.5. The smallest absolute Gasteiger partial charge is 0.237 e. The molecule has 226 valence electrons. The molecular formula is C33H47N7O2. The standard InChI is InChI=1S/C33H47N7O2/c1-22(34-2)31(41)38-28(24-11-4-3-5-12-24)21-39-19-16-29-30(39)26(20-40(29)33-35-17-9-18-36-33)32(42)37-27-15-8-13-23-10-6-7-14-25(23)27/h6-7,9-10,14,17-18,22,24,26-30,34H,3-5,8,11-13,15-16,19-21H2,1-2H3,(H,37,42)(H,38,41). The van der Waals surface area contributed by atoms with E-state index in [-0.39, 0.29) is 47.9 Å². The molecule has 3 fully saturated rings. The van der Waals surface area contributed by atoms with Gasteiger partial charge in [0.1, 0.15) is 0 Å². The van der Waals surface area contributed by atoms with Crippen molar-refractivity contribution >= 4 is 17.8 Å². The molecule has 6 rings (SSSR count). The number of likely N-dealkylation sites (tertiary alicyclic amines) is 1. The van der Waals surface area contributed by atoms with Crippen LogP contribution in [0.1, 0.15) is 75.5 Å². The average molecular weight is 574 g/mol. The van der Waals surface area contributed by atoms with Crippen LogP contribution in [0.3, 0.4) is 0 Å². The van der Waals surface area contributed by atoms with Crippen molar-refractivity contribution in [1.82, 2.24) is 30.8 Å². The van der Waals surface area contributed by atoms with Gasteiger partial charge in [0.15, 0.2) is 0 Å². The highest BCUT2D eigenvalue weighted by Crippen LogP contribution is 2.39. The second-order valence-corrected chi connectivity index (χ2v) is 12.8. The van der Waals surface area contributed by atoms with Crippen molar-refractivity contribution in [3.63, 3.8) is 0 Å². The summed E-state index contributed by atoms with van der Waals surface area (Å²) in [5.74, 6) is 1.15. The number of carbonyl (C=O) groups is 2. The van der Waals surface area contributed by atoms with Crippen LogP contribution in [0.15, 0.2) is 42.7 Å². The number of hydrogen-bond acceptors (Lipinski definition) is 7. The molecule has 9 heteroatoms. The number of nitrogens with zero attached hydrogens (tertiary/aromatic N) is 4. The van der Waals surface area contributed by atoms with Gasteiger partial charge in [-0.3, -0.25) is 14.5 Å². The van der Waals surface area contributed by atoms with E-state index in [9.17, 15) is 9.59 Å². The normalized spacial score (nSPS) is 27.6. The second-order valence-electron chi connectivity index (χ2n) is 12.8. The van der Waals surface area contributed by atoms with E-state index in [1.807, 2.05) is 20.0 Å². The van der Waals surface area contributed by atoms with E-state index in [2.05, 4.69) is 60.0 Å². The summed E-state index contributed by atoms with van der Waals surface area (Å²) in [4.78, 5) is 41.2. The zero-order valence-electron chi connectivity index (χ0n) is 25.2. The summed E-state index contributed by atoms with van der Waals surface area (Å²) in [6.45, 7) is 4.19. The summed E-state index contributed by atoms with van der Waals surface area (Å²) < 4.78 is 0. The van der Waals surface area contributed by atoms with Gasteiger partial charge >= 0.3 is 0 Å². The number of aromatic nitrogens is 2. The van der Waals surface area contributed by atoms with Crippen molar-refractivity contribution in [2.24, 2.45) is 11.8 Å². The summed E-state index contributed by atoms with van der Waals surface area (Å²) in [6.07, 6.45) is 13.7. The number of amides is 2. The molecule has 0 bridgehead atoms. The van der Waals surface area contributed by atoms with Gasteiger partial charge in [-0.1, -0.05) is 43.5 Å². The highest BCUT2D eigenvalue weighted by Gasteiger charge is 2.53. The van der Waals surface area contributed by atoms with Crippen LogP contribution in [-0.4, -0.2) is 77.5 Å². The molecule has 2 amide bonds. The maximum Gasteiger partial charge on any atom is 0.237 e. The lowest BCUT2D eigenvalue weighted by Crippen LogP contribution is -2.55. The second kappa shape index (κ2) is 13.1. The van der Waals surface area contributed by atoms with Crippen LogP contribution in [-0.2, 0) is 16.0 Å². The van der Waals surface area contributed by atoms with E-state index >= 15 is 0 Å². The number of anilines is 1. The number of fused-ring (bicyclic) bond motifs is 2. The summed E-state index contributed by atoms with van der Waals surface area (Å²) in [7, 11) is 1.83. The van der Waals surface area contributed by atoms with Crippen LogP contribution in [0.25, 0.3) is 0 Å². The Labute approximate surface area is 250 Å². The molecule has 6 unspecified atom stereocenters. The summed E-state index contributed by atoms with van der Waals surface area (Å²) in [5.41, 5.74) is 2.61. The van der Waals surface area contributed by atoms with E-state index in [4.69, 9.17) is 0 Å². The van der Waals surface area contributed by atoms with Crippen molar-refractivity contribution in [3.05, 3.63) is 53.9 Å². The number of aryl methyl sites for hydroxylation is 1. The van der Waals surface area contributed by atoms with Crippen molar-refractivity contribution in [2.75, 3.05) is 31.6 Å². The SMILES string of the molecule is CNC(C)C(=O)NC(CN1CCC2C1C(C(=O)NC1CCCc3ccccc31)CN2c1ncccn1)C1CCCCC1. The third-order valence-electron chi connectivity index (χ3n) is 10.4. The Balaban J connectivity index is 1.25. The van der Waals surface area contributed by atoms with Crippen molar-refractivity contribution in [2.45, 2.75) is 94.9 Å². The summed E-state index contributed by atoms with van der Waals surface area (Å²) in [6, 6.07) is 10.5. The predicted octanol–water partition coefficient (Wildman–Crippen LogP) is 3.22. The van der Waals surface area contributed by atoms with Gasteiger partial charge in [-0.2, -0.15) is 0 Å². The minimum absolute atomic E-state index is 0.0510. The Morgan fingerprint density at radius 1 is 1.00 bits per heavy atom. The van der Waals surface area contributed by atoms with Crippen LogP contribution in [0, 0.1) is 11.8 Å². The topological polar surface area (TPSA) is 102 Å². The molecular weight excluding hydrogens is 526 g/mol. The summed E-state index contributed by atoms with van der Waals surface area (Å²) in [5, 5.41) is 10.0. The maximum absolute atomic E-state index is 14.2. The lowest BCUT2D eigenvalue weighted by Gasteiger charge is -2.37. The zero-order chi connectivity index (χ0) is 29.1. The van der Waals surface area contributed by atoms with E-state index in [1.54, 1.807) is 12.4 Å². The van der Waals surface area contributed by atoms with Gasteiger partial charge in [-0.05, 0) is 75.6 Å². The minimum Gasteiger partial charge on any atom is -0.350 e.